The van der Waals surface area contributed by atoms with E-state index in [4.69, 9.17) is 11.6 Å². The molecule has 5 nitrogen and oxygen atoms in total. The number of nitrogens with zero attached hydrogens (tertiary/aromatic N) is 3. The number of anilines is 1. The zero-order chi connectivity index (χ0) is 13.2. The van der Waals surface area contributed by atoms with Crippen LogP contribution in [0.3, 0.4) is 0 Å². The van der Waals surface area contributed by atoms with Gasteiger partial charge in [-0.25, -0.2) is 0 Å². The third-order valence-electron chi connectivity index (χ3n) is 3.25. The van der Waals surface area contributed by atoms with Gasteiger partial charge < -0.3 is 10.4 Å². The van der Waals surface area contributed by atoms with Gasteiger partial charge in [-0.3, -0.25) is 4.57 Å². The van der Waals surface area contributed by atoms with E-state index in [0.29, 0.717) is 11.6 Å². The molecular weight excluding hydrogens is 264 g/mol. The maximum atomic E-state index is 9.50. The van der Waals surface area contributed by atoms with Crippen molar-refractivity contribution in [3.63, 3.8) is 0 Å². The number of aromatic nitrogens is 3. The fourth-order valence-corrected chi connectivity index (χ4v) is 2.61. The van der Waals surface area contributed by atoms with Crippen LogP contribution in [0.5, 0.6) is 5.75 Å². The summed E-state index contributed by atoms with van der Waals surface area (Å²) in [5, 5.41) is 21.6. The van der Waals surface area contributed by atoms with E-state index in [1.807, 2.05) is 6.07 Å². The molecule has 1 aliphatic heterocycles. The molecule has 6 heteroatoms. The molecule has 2 N–H and O–H groups in total. The molecule has 1 aromatic carbocycles. The number of halogens is 1. The Morgan fingerprint density at radius 3 is 3.00 bits per heavy atom. The number of rotatable bonds is 3. The van der Waals surface area contributed by atoms with Crippen molar-refractivity contribution in [3.8, 4) is 5.75 Å². The van der Waals surface area contributed by atoms with Crippen LogP contribution < -0.4 is 5.32 Å². The van der Waals surface area contributed by atoms with Gasteiger partial charge >= 0.3 is 0 Å². The van der Waals surface area contributed by atoms with Gasteiger partial charge in [-0.15, -0.1) is 10.2 Å². The topological polar surface area (TPSA) is 63.0 Å². The maximum Gasteiger partial charge on any atom is 0.224 e. The van der Waals surface area contributed by atoms with Crippen LogP contribution in [0.25, 0.3) is 0 Å². The molecule has 0 saturated carbocycles. The molecule has 19 heavy (non-hydrogen) atoms. The maximum absolute atomic E-state index is 9.50. The molecule has 0 unspecified atom stereocenters. The first-order valence-corrected chi connectivity index (χ1v) is 6.74. The molecule has 1 aliphatic rings. The Morgan fingerprint density at radius 1 is 1.26 bits per heavy atom. The van der Waals surface area contributed by atoms with Crippen LogP contribution >= 0.6 is 11.6 Å². The number of nitrogens with one attached hydrogen (secondary N) is 1. The zero-order valence-electron chi connectivity index (χ0n) is 10.4. The van der Waals surface area contributed by atoms with Crippen molar-refractivity contribution in [1.29, 1.82) is 0 Å². The lowest BCUT2D eigenvalue weighted by molar-refractivity contribution is 0.474. The monoisotopic (exact) mass is 278 g/mol. The van der Waals surface area contributed by atoms with Gasteiger partial charge in [0.1, 0.15) is 11.6 Å². The molecule has 0 atom stereocenters. The molecule has 100 valence electrons. The third kappa shape index (κ3) is 2.66. The summed E-state index contributed by atoms with van der Waals surface area (Å²) >= 11 is 5.91. The third-order valence-corrected chi connectivity index (χ3v) is 3.47. The summed E-state index contributed by atoms with van der Waals surface area (Å²) in [6.45, 7) is 1.53. The fraction of sp³-hybridized carbons (Fsp3) is 0.385. The van der Waals surface area contributed by atoms with Crippen molar-refractivity contribution in [2.45, 2.75) is 32.4 Å². The smallest absolute Gasteiger partial charge is 0.224 e. The van der Waals surface area contributed by atoms with E-state index >= 15 is 0 Å². The average Bonchev–Trinajstić information content (AvgIpc) is 2.78. The van der Waals surface area contributed by atoms with E-state index in [1.54, 1.807) is 6.07 Å². The van der Waals surface area contributed by atoms with Gasteiger partial charge in [0.2, 0.25) is 5.95 Å². The second kappa shape index (κ2) is 5.09. The largest absolute Gasteiger partial charge is 0.508 e. The first-order chi connectivity index (χ1) is 9.22. The van der Waals surface area contributed by atoms with E-state index in [9.17, 15) is 5.11 Å². The first kappa shape index (κ1) is 12.3. The number of benzene rings is 1. The molecule has 3 rings (SSSR count). The Morgan fingerprint density at radius 2 is 2.16 bits per heavy atom. The van der Waals surface area contributed by atoms with E-state index < -0.39 is 0 Å². The predicted molar refractivity (Wildman–Crippen MR) is 73.4 cm³/mol. The van der Waals surface area contributed by atoms with Gasteiger partial charge in [0.25, 0.3) is 0 Å². The zero-order valence-corrected chi connectivity index (χ0v) is 11.2. The van der Waals surface area contributed by atoms with Crippen molar-refractivity contribution in [2.24, 2.45) is 0 Å². The summed E-state index contributed by atoms with van der Waals surface area (Å²) < 4.78 is 2.12. The summed E-state index contributed by atoms with van der Waals surface area (Å²) in [5.41, 5.74) is 0.915. The number of phenols is 1. The number of hydrogen-bond donors (Lipinski definition) is 2. The Kier molecular flexibility index (Phi) is 3.29. The number of hydrogen-bond acceptors (Lipinski definition) is 4. The molecule has 0 bridgehead atoms. The molecule has 2 aromatic rings. The molecular formula is C13H15ClN4O. The molecule has 0 radical (unpaired) electrons. The SMILES string of the molecule is Oc1cc(Cl)cc(CNc2nnc3n2CCCC3)c1. The van der Waals surface area contributed by atoms with Crippen molar-refractivity contribution >= 4 is 17.5 Å². The molecule has 2 heterocycles. The summed E-state index contributed by atoms with van der Waals surface area (Å²) in [4.78, 5) is 0. The summed E-state index contributed by atoms with van der Waals surface area (Å²) in [7, 11) is 0. The fourth-order valence-electron chi connectivity index (χ4n) is 2.36. The summed E-state index contributed by atoms with van der Waals surface area (Å²) in [5.74, 6) is 2.00. The van der Waals surface area contributed by atoms with Crippen LogP contribution in [0.4, 0.5) is 5.95 Å². The lowest BCUT2D eigenvalue weighted by atomic mass is 10.2. The molecule has 0 fully saturated rings. The van der Waals surface area contributed by atoms with Gasteiger partial charge in [-0.05, 0) is 36.6 Å². The van der Waals surface area contributed by atoms with Crippen LogP contribution in [-0.2, 0) is 19.5 Å². The van der Waals surface area contributed by atoms with Gasteiger partial charge in [-0.2, -0.15) is 0 Å². The van der Waals surface area contributed by atoms with Crippen molar-refractivity contribution in [3.05, 3.63) is 34.6 Å². The Balaban J connectivity index is 1.74. The standard InChI is InChI=1S/C13H15ClN4O/c14-10-5-9(6-11(19)7-10)8-15-13-17-16-12-3-1-2-4-18(12)13/h5-7,19H,1-4,8H2,(H,15,17). The van der Waals surface area contributed by atoms with Crippen LogP contribution in [0.15, 0.2) is 18.2 Å². The van der Waals surface area contributed by atoms with Crippen LogP contribution in [-0.4, -0.2) is 19.9 Å². The average molecular weight is 279 g/mol. The summed E-state index contributed by atoms with van der Waals surface area (Å²) in [6.07, 6.45) is 3.34. The van der Waals surface area contributed by atoms with E-state index in [1.165, 1.54) is 12.5 Å². The normalized spacial score (nSPS) is 14.2. The molecule has 0 amide bonds. The number of aromatic hydroxyl groups is 1. The molecule has 0 spiro atoms. The minimum Gasteiger partial charge on any atom is -0.508 e. The Labute approximate surface area is 116 Å². The quantitative estimate of drug-likeness (QED) is 0.906. The molecule has 0 saturated heterocycles. The second-order valence-electron chi connectivity index (χ2n) is 4.72. The minimum atomic E-state index is 0.174. The Bertz CT molecular complexity index is 576. The van der Waals surface area contributed by atoms with E-state index in [0.717, 1.165) is 36.7 Å². The van der Waals surface area contributed by atoms with Gasteiger partial charge in [0.05, 0.1) is 0 Å². The van der Waals surface area contributed by atoms with Crippen molar-refractivity contribution < 1.29 is 5.11 Å². The highest BCUT2D eigenvalue weighted by Crippen LogP contribution is 2.21. The minimum absolute atomic E-state index is 0.174. The van der Waals surface area contributed by atoms with Crippen LogP contribution in [0.2, 0.25) is 5.02 Å². The van der Waals surface area contributed by atoms with Gasteiger partial charge in [0.15, 0.2) is 0 Å². The Hall–Kier alpha value is -1.75. The lowest BCUT2D eigenvalue weighted by Gasteiger charge is -2.15. The highest BCUT2D eigenvalue weighted by Gasteiger charge is 2.15. The first-order valence-electron chi connectivity index (χ1n) is 6.37. The molecule has 0 aliphatic carbocycles. The molecule has 1 aromatic heterocycles. The summed E-state index contributed by atoms with van der Waals surface area (Å²) in [6, 6.07) is 5.03. The lowest BCUT2D eigenvalue weighted by Crippen LogP contribution is -2.14. The van der Waals surface area contributed by atoms with Gasteiger partial charge in [0, 0.05) is 24.5 Å². The highest BCUT2D eigenvalue weighted by atomic mass is 35.5. The second-order valence-corrected chi connectivity index (χ2v) is 5.16. The number of phenolic OH excluding ortho intramolecular Hbond substituents is 1. The van der Waals surface area contributed by atoms with Crippen molar-refractivity contribution in [2.75, 3.05) is 5.32 Å². The van der Waals surface area contributed by atoms with Crippen LogP contribution in [0, 0.1) is 0 Å². The van der Waals surface area contributed by atoms with Crippen molar-refractivity contribution in [1.82, 2.24) is 14.8 Å². The number of aryl methyl sites for hydroxylation is 1. The van der Waals surface area contributed by atoms with Gasteiger partial charge in [-0.1, -0.05) is 11.6 Å². The van der Waals surface area contributed by atoms with E-state index in [-0.39, 0.29) is 5.75 Å². The van der Waals surface area contributed by atoms with E-state index in [2.05, 4.69) is 20.1 Å². The van der Waals surface area contributed by atoms with Crippen LogP contribution in [0.1, 0.15) is 24.2 Å². The number of fused-ring (bicyclic) bond motifs is 1. The highest BCUT2D eigenvalue weighted by molar-refractivity contribution is 6.30. The predicted octanol–water partition coefficient (Wildman–Crippen LogP) is 2.59.